The predicted octanol–water partition coefficient (Wildman–Crippen LogP) is -1.15. The molecular formula is C13H18INO2S. The van der Waals surface area contributed by atoms with Crippen LogP contribution in [0.1, 0.15) is 5.56 Å². The molecule has 1 aromatic rings. The van der Waals surface area contributed by atoms with E-state index in [2.05, 4.69) is 23.0 Å². The zero-order valence-electron chi connectivity index (χ0n) is 10.7. The lowest BCUT2D eigenvalue weighted by molar-refractivity contribution is -0.546. The van der Waals surface area contributed by atoms with E-state index in [4.69, 9.17) is 9.47 Å². The molecule has 0 aliphatic carbocycles. The third-order valence-corrected chi connectivity index (χ3v) is 3.69. The lowest BCUT2D eigenvalue weighted by atomic mass is 10.2. The van der Waals surface area contributed by atoms with Gasteiger partial charge in [0.15, 0.2) is 13.1 Å². The highest BCUT2D eigenvalue weighted by molar-refractivity contribution is 8.13. The van der Waals surface area contributed by atoms with Crippen LogP contribution in [0.2, 0.25) is 0 Å². The molecule has 1 heterocycles. The molecule has 0 N–H and O–H groups in total. The monoisotopic (exact) mass is 379 g/mol. The third-order valence-electron chi connectivity index (χ3n) is 2.83. The number of morpholine rings is 1. The van der Waals surface area contributed by atoms with Crippen LogP contribution in [0.4, 0.5) is 0 Å². The van der Waals surface area contributed by atoms with Crippen LogP contribution in [0.25, 0.3) is 0 Å². The molecule has 0 spiro atoms. The molecule has 1 aromatic carbocycles. The van der Waals surface area contributed by atoms with Gasteiger partial charge in [0.25, 0.3) is 0 Å². The van der Waals surface area contributed by atoms with Gasteiger partial charge in [0.05, 0.1) is 12.7 Å². The molecule has 0 unspecified atom stereocenters. The molecule has 18 heavy (non-hydrogen) atoms. The quantitative estimate of drug-likeness (QED) is 0.368. The van der Waals surface area contributed by atoms with Crippen LogP contribution in [0, 0.1) is 0 Å². The average molecular weight is 379 g/mol. The van der Waals surface area contributed by atoms with E-state index in [1.165, 1.54) is 10.6 Å². The molecule has 0 saturated carbocycles. The summed E-state index contributed by atoms with van der Waals surface area (Å²) in [6.45, 7) is 3.51. The molecule has 1 aliphatic heterocycles. The summed E-state index contributed by atoms with van der Waals surface area (Å²) in [5.41, 5.74) is 1.17. The van der Waals surface area contributed by atoms with Gasteiger partial charge < -0.3 is 33.5 Å². The van der Waals surface area contributed by atoms with E-state index in [-0.39, 0.29) is 24.0 Å². The van der Waals surface area contributed by atoms with Gasteiger partial charge in [-0.2, -0.15) is 0 Å². The highest BCUT2D eigenvalue weighted by atomic mass is 127. The number of benzene rings is 1. The van der Waals surface area contributed by atoms with Crippen LogP contribution in [-0.4, -0.2) is 49.3 Å². The average Bonchev–Trinajstić information content (AvgIpc) is 2.41. The van der Waals surface area contributed by atoms with E-state index in [1.807, 2.05) is 12.1 Å². The SMILES string of the molecule is COc1ccccc1C(SC)=[N+]1CCOCC1.[I-]. The number of ether oxygens (including phenoxy) is 2. The third kappa shape index (κ3) is 3.61. The smallest absolute Gasteiger partial charge is 0.245 e. The van der Waals surface area contributed by atoms with Crippen LogP contribution in [0.3, 0.4) is 0 Å². The fourth-order valence-corrected chi connectivity index (χ4v) is 2.83. The minimum atomic E-state index is 0. The van der Waals surface area contributed by atoms with Crippen LogP contribution in [0.5, 0.6) is 5.75 Å². The number of rotatable bonds is 2. The first kappa shape index (κ1) is 15.8. The van der Waals surface area contributed by atoms with Crippen molar-refractivity contribution in [2.45, 2.75) is 0 Å². The molecule has 0 aromatic heterocycles. The van der Waals surface area contributed by atoms with Crippen LogP contribution in [0.15, 0.2) is 24.3 Å². The maximum atomic E-state index is 5.43. The zero-order valence-corrected chi connectivity index (χ0v) is 13.7. The Morgan fingerprint density at radius 1 is 1.28 bits per heavy atom. The second kappa shape index (κ2) is 8.01. The second-order valence-corrected chi connectivity index (χ2v) is 4.60. The van der Waals surface area contributed by atoms with Crippen molar-refractivity contribution in [2.24, 2.45) is 0 Å². The number of thioether (sulfide) groups is 1. The van der Waals surface area contributed by atoms with Crippen molar-refractivity contribution < 1.29 is 38.0 Å². The number of hydrogen-bond acceptors (Lipinski definition) is 3. The summed E-state index contributed by atoms with van der Waals surface area (Å²) < 4.78 is 13.2. The molecule has 2 rings (SSSR count). The van der Waals surface area contributed by atoms with E-state index >= 15 is 0 Å². The van der Waals surface area contributed by atoms with Gasteiger partial charge in [0, 0.05) is 0 Å². The van der Waals surface area contributed by atoms with Crippen LogP contribution in [-0.2, 0) is 4.74 Å². The van der Waals surface area contributed by atoms with Gasteiger partial charge in [-0.1, -0.05) is 23.9 Å². The Morgan fingerprint density at radius 3 is 2.56 bits per heavy atom. The summed E-state index contributed by atoms with van der Waals surface area (Å²) in [7, 11) is 1.72. The number of nitrogens with zero attached hydrogens (tertiary/aromatic N) is 1. The molecule has 1 fully saturated rings. The van der Waals surface area contributed by atoms with Crippen molar-refractivity contribution >= 4 is 16.8 Å². The first-order chi connectivity index (χ1) is 8.36. The fraction of sp³-hybridized carbons (Fsp3) is 0.462. The van der Waals surface area contributed by atoms with Crippen molar-refractivity contribution in [3.05, 3.63) is 29.8 Å². The van der Waals surface area contributed by atoms with Crippen LogP contribution < -0.4 is 28.7 Å². The summed E-state index contributed by atoms with van der Waals surface area (Å²) in [5, 5.41) is 1.27. The highest BCUT2D eigenvalue weighted by Gasteiger charge is 2.22. The lowest BCUT2D eigenvalue weighted by Gasteiger charge is -2.15. The van der Waals surface area contributed by atoms with Gasteiger partial charge in [-0.15, -0.1) is 0 Å². The van der Waals surface area contributed by atoms with Crippen molar-refractivity contribution in [3.63, 3.8) is 0 Å². The minimum absolute atomic E-state index is 0. The summed E-state index contributed by atoms with van der Waals surface area (Å²) in [4.78, 5) is 0. The molecular weight excluding hydrogens is 361 g/mol. The molecule has 100 valence electrons. The number of para-hydroxylation sites is 1. The summed E-state index contributed by atoms with van der Waals surface area (Å²) in [6.07, 6.45) is 2.11. The summed E-state index contributed by atoms with van der Waals surface area (Å²) >= 11 is 1.77. The molecule has 0 bridgehead atoms. The maximum absolute atomic E-state index is 5.43. The second-order valence-electron chi connectivity index (χ2n) is 3.81. The molecule has 3 nitrogen and oxygen atoms in total. The first-order valence-electron chi connectivity index (χ1n) is 5.74. The largest absolute Gasteiger partial charge is 1.00 e. The van der Waals surface area contributed by atoms with E-state index < -0.39 is 0 Å². The fourth-order valence-electron chi connectivity index (χ4n) is 2.00. The molecule has 0 amide bonds. The van der Waals surface area contributed by atoms with Crippen LogP contribution >= 0.6 is 11.8 Å². The Kier molecular flexibility index (Phi) is 7.03. The first-order valence-corrected chi connectivity index (χ1v) is 6.96. The Morgan fingerprint density at radius 2 is 1.94 bits per heavy atom. The predicted molar refractivity (Wildman–Crippen MR) is 71.4 cm³/mol. The normalized spacial score (nSPS) is 14.9. The Labute approximate surface area is 130 Å². The Hall–Kier alpha value is -0.270. The minimum Gasteiger partial charge on any atom is -1.00 e. The summed E-state index contributed by atoms with van der Waals surface area (Å²) in [5.74, 6) is 0.934. The van der Waals surface area contributed by atoms with E-state index in [0.717, 1.165) is 32.1 Å². The van der Waals surface area contributed by atoms with Crippen molar-refractivity contribution in [3.8, 4) is 5.75 Å². The zero-order chi connectivity index (χ0) is 12.1. The topological polar surface area (TPSA) is 21.5 Å². The summed E-state index contributed by atoms with van der Waals surface area (Å²) in [6, 6.07) is 8.17. The molecule has 0 atom stereocenters. The van der Waals surface area contributed by atoms with E-state index in [0.29, 0.717) is 0 Å². The Bertz CT molecular complexity index is 415. The standard InChI is InChI=1S/C13H18NO2S.HI/c1-15-12-6-4-3-5-11(12)13(17-2)14-7-9-16-10-8-14;/h3-6H,7-10H2,1-2H3;1H/q+1;/p-1. The lowest BCUT2D eigenvalue weighted by Crippen LogP contribution is -3.00. The van der Waals surface area contributed by atoms with E-state index in [9.17, 15) is 0 Å². The van der Waals surface area contributed by atoms with Crippen molar-refractivity contribution in [1.29, 1.82) is 0 Å². The number of hydrogen-bond donors (Lipinski definition) is 0. The van der Waals surface area contributed by atoms with Gasteiger partial charge in [-0.25, -0.2) is 4.58 Å². The Balaban J connectivity index is 0.00000162. The van der Waals surface area contributed by atoms with Gasteiger partial charge >= 0.3 is 0 Å². The highest BCUT2D eigenvalue weighted by Crippen LogP contribution is 2.22. The van der Waals surface area contributed by atoms with Crippen molar-refractivity contribution in [1.82, 2.24) is 0 Å². The number of halogens is 1. The van der Waals surface area contributed by atoms with Gasteiger partial charge in [0.2, 0.25) is 5.04 Å². The van der Waals surface area contributed by atoms with Gasteiger partial charge in [-0.3, -0.25) is 0 Å². The molecule has 1 aliphatic rings. The molecule has 1 saturated heterocycles. The molecule has 5 heteroatoms. The number of methoxy groups -OCH3 is 1. The van der Waals surface area contributed by atoms with Crippen molar-refractivity contribution in [2.75, 3.05) is 39.7 Å². The maximum Gasteiger partial charge on any atom is 0.245 e. The van der Waals surface area contributed by atoms with Gasteiger partial charge in [-0.05, 0) is 18.4 Å². The van der Waals surface area contributed by atoms with E-state index in [1.54, 1.807) is 18.9 Å². The molecule has 0 radical (unpaired) electrons. The van der Waals surface area contributed by atoms with Gasteiger partial charge in [0.1, 0.15) is 19.0 Å².